The molecule has 3 nitrogen and oxygen atoms in total. The monoisotopic (exact) mass is 278 g/mol. The number of methoxy groups -OCH3 is 1. The Morgan fingerprint density at radius 1 is 1.64 bits per heavy atom. The summed E-state index contributed by atoms with van der Waals surface area (Å²) in [6, 6.07) is 5.53. The Morgan fingerprint density at radius 2 is 2.36 bits per heavy atom. The van der Waals surface area contributed by atoms with Crippen LogP contribution in [0.25, 0.3) is 0 Å². The van der Waals surface area contributed by atoms with Crippen LogP contribution in [0.15, 0.2) is 22.7 Å². The Bertz CT molecular complexity index is 309. The zero-order chi connectivity index (χ0) is 10.6. The van der Waals surface area contributed by atoms with E-state index in [0.717, 1.165) is 10.0 Å². The summed E-state index contributed by atoms with van der Waals surface area (Å²) in [6.45, 7) is 0.511. The van der Waals surface area contributed by atoms with Crippen molar-refractivity contribution in [3.63, 3.8) is 0 Å². The summed E-state index contributed by atoms with van der Waals surface area (Å²) in [5.41, 5.74) is 3.71. The van der Waals surface area contributed by atoms with E-state index in [9.17, 15) is 0 Å². The molecule has 0 radical (unpaired) electrons. The number of nitrogens with one attached hydrogen (secondary N) is 1. The Kier molecular flexibility index (Phi) is 4.84. The van der Waals surface area contributed by atoms with E-state index in [-0.39, 0.29) is 6.04 Å². The van der Waals surface area contributed by atoms with E-state index in [4.69, 9.17) is 22.2 Å². The molecule has 0 fully saturated rings. The molecule has 0 aliphatic heterocycles. The molecule has 0 heterocycles. The van der Waals surface area contributed by atoms with Crippen LogP contribution in [0.2, 0.25) is 5.02 Å². The quantitative estimate of drug-likeness (QED) is 0.656. The molecule has 1 rings (SSSR count). The van der Waals surface area contributed by atoms with Crippen LogP contribution in [0, 0.1) is 0 Å². The molecule has 0 aliphatic rings. The van der Waals surface area contributed by atoms with Crippen molar-refractivity contribution in [3.8, 4) is 0 Å². The minimum absolute atomic E-state index is 0.0355. The van der Waals surface area contributed by atoms with Crippen molar-refractivity contribution in [3.05, 3.63) is 33.3 Å². The number of nitrogens with two attached hydrogens (primary N) is 1. The zero-order valence-corrected chi connectivity index (χ0v) is 10.1. The lowest BCUT2D eigenvalue weighted by Crippen LogP contribution is -2.31. The summed E-state index contributed by atoms with van der Waals surface area (Å²) in [7, 11) is 1.63. The molecule has 14 heavy (non-hydrogen) atoms. The molecule has 0 saturated heterocycles. The minimum Gasteiger partial charge on any atom is -0.383 e. The van der Waals surface area contributed by atoms with Gasteiger partial charge in [-0.25, -0.2) is 0 Å². The maximum Gasteiger partial charge on any atom is 0.0704 e. The molecular weight excluding hydrogens is 267 g/mol. The first-order valence-electron chi connectivity index (χ1n) is 4.09. The summed E-state index contributed by atoms with van der Waals surface area (Å²) in [5.74, 6) is 5.41. The molecule has 0 spiro atoms. The Hall–Kier alpha value is -0.130. The van der Waals surface area contributed by atoms with E-state index >= 15 is 0 Å². The van der Waals surface area contributed by atoms with Crippen molar-refractivity contribution in [1.82, 2.24) is 5.43 Å². The first-order valence-corrected chi connectivity index (χ1v) is 5.26. The predicted octanol–water partition coefficient (Wildman–Crippen LogP) is 2.25. The Balaban J connectivity index is 2.92. The predicted molar refractivity (Wildman–Crippen MR) is 61.1 cm³/mol. The van der Waals surface area contributed by atoms with Crippen LogP contribution < -0.4 is 11.3 Å². The molecule has 0 saturated carbocycles. The largest absolute Gasteiger partial charge is 0.383 e. The maximum absolute atomic E-state index is 5.83. The third kappa shape index (κ3) is 2.93. The van der Waals surface area contributed by atoms with E-state index in [1.54, 1.807) is 7.11 Å². The van der Waals surface area contributed by atoms with Gasteiger partial charge in [0.2, 0.25) is 0 Å². The topological polar surface area (TPSA) is 47.3 Å². The van der Waals surface area contributed by atoms with Crippen molar-refractivity contribution in [2.75, 3.05) is 13.7 Å². The van der Waals surface area contributed by atoms with Crippen LogP contribution in [0.4, 0.5) is 0 Å². The molecule has 5 heteroatoms. The van der Waals surface area contributed by atoms with Gasteiger partial charge in [-0.2, -0.15) is 0 Å². The SMILES string of the molecule is COCC(NN)c1ccc(Cl)cc1Br. The first kappa shape index (κ1) is 11.9. The van der Waals surface area contributed by atoms with Crippen LogP contribution in [0.3, 0.4) is 0 Å². The van der Waals surface area contributed by atoms with E-state index < -0.39 is 0 Å². The lowest BCUT2D eigenvalue weighted by atomic mass is 10.1. The van der Waals surface area contributed by atoms with Crippen LogP contribution >= 0.6 is 27.5 Å². The fraction of sp³-hybridized carbons (Fsp3) is 0.333. The van der Waals surface area contributed by atoms with Crippen LogP contribution in [-0.2, 0) is 4.74 Å². The maximum atomic E-state index is 5.83. The van der Waals surface area contributed by atoms with Crippen molar-refractivity contribution in [1.29, 1.82) is 0 Å². The molecule has 0 aliphatic carbocycles. The normalized spacial score (nSPS) is 12.9. The second-order valence-corrected chi connectivity index (χ2v) is 4.13. The van der Waals surface area contributed by atoms with E-state index in [1.807, 2.05) is 18.2 Å². The van der Waals surface area contributed by atoms with Gasteiger partial charge < -0.3 is 4.74 Å². The van der Waals surface area contributed by atoms with Crippen LogP contribution in [-0.4, -0.2) is 13.7 Å². The Morgan fingerprint density at radius 3 is 2.86 bits per heavy atom. The lowest BCUT2D eigenvalue weighted by Gasteiger charge is -2.16. The highest BCUT2D eigenvalue weighted by atomic mass is 79.9. The minimum atomic E-state index is -0.0355. The second kappa shape index (κ2) is 5.68. The number of rotatable bonds is 4. The molecule has 1 unspecified atom stereocenters. The van der Waals surface area contributed by atoms with Crippen molar-refractivity contribution < 1.29 is 4.74 Å². The number of benzene rings is 1. The summed E-state index contributed by atoms with van der Waals surface area (Å²) in [5, 5.41) is 0.689. The van der Waals surface area contributed by atoms with Crippen molar-refractivity contribution in [2.45, 2.75) is 6.04 Å². The van der Waals surface area contributed by atoms with E-state index in [1.165, 1.54) is 0 Å². The average molecular weight is 280 g/mol. The fourth-order valence-corrected chi connectivity index (χ4v) is 2.14. The van der Waals surface area contributed by atoms with Gasteiger partial charge in [-0.1, -0.05) is 33.6 Å². The summed E-state index contributed by atoms with van der Waals surface area (Å²) in [4.78, 5) is 0. The summed E-state index contributed by atoms with van der Waals surface area (Å²) >= 11 is 9.25. The van der Waals surface area contributed by atoms with Gasteiger partial charge in [0, 0.05) is 16.6 Å². The van der Waals surface area contributed by atoms with Gasteiger partial charge in [0.05, 0.1) is 12.6 Å². The van der Waals surface area contributed by atoms with Crippen molar-refractivity contribution in [2.24, 2.45) is 5.84 Å². The molecule has 78 valence electrons. The molecule has 0 bridgehead atoms. The van der Waals surface area contributed by atoms with E-state index in [0.29, 0.717) is 11.6 Å². The highest BCUT2D eigenvalue weighted by molar-refractivity contribution is 9.10. The third-order valence-electron chi connectivity index (χ3n) is 1.87. The number of hydrazine groups is 1. The van der Waals surface area contributed by atoms with Gasteiger partial charge >= 0.3 is 0 Å². The van der Waals surface area contributed by atoms with Gasteiger partial charge in [0.15, 0.2) is 0 Å². The molecular formula is C9H12BrClN2O. The zero-order valence-electron chi connectivity index (χ0n) is 7.76. The number of hydrogen-bond donors (Lipinski definition) is 2. The highest BCUT2D eigenvalue weighted by Crippen LogP contribution is 2.26. The highest BCUT2D eigenvalue weighted by Gasteiger charge is 2.12. The molecule has 0 amide bonds. The van der Waals surface area contributed by atoms with Crippen LogP contribution in [0.1, 0.15) is 11.6 Å². The van der Waals surface area contributed by atoms with Gasteiger partial charge in [-0.05, 0) is 17.7 Å². The standard InChI is InChI=1S/C9H12BrClN2O/c1-14-5-9(13-12)7-3-2-6(11)4-8(7)10/h2-4,9,13H,5,12H2,1H3. The Labute approximate surface area is 96.7 Å². The number of ether oxygens (including phenoxy) is 1. The van der Waals surface area contributed by atoms with Gasteiger partial charge in [-0.3, -0.25) is 11.3 Å². The van der Waals surface area contributed by atoms with E-state index in [2.05, 4.69) is 21.4 Å². The average Bonchev–Trinajstić information content (AvgIpc) is 2.15. The second-order valence-electron chi connectivity index (χ2n) is 2.84. The van der Waals surface area contributed by atoms with Gasteiger partial charge in [0.1, 0.15) is 0 Å². The first-order chi connectivity index (χ1) is 6.69. The molecule has 1 aromatic rings. The lowest BCUT2D eigenvalue weighted by molar-refractivity contribution is 0.167. The van der Waals surface area contributed by atoms with Crippen molar-refractivity contribution >= 4 is 27.5 Å². The third-order valence-corrected chi connectivity index (χ3v) is 2.79. The van der Waals surface area contributed by atoms with Gasteiger partial charge in [-0.15, -0.1) is 0 Å². The fourth-order valence-electron chi connectivity index (χ4n) is 1.18. The summed E-state index contributed by atoms with van der Waals surface area (Å²) < 4.78 is 5.96. The smallest absolute Gasteiger partial charge is 0.0704 e. The number of halogens is 2. The molecule has 1 aromatic carbocycles. The van der Waals surface area contributed by atoms with Gasteiger partial charge in [0.25, 0.3) is 0 Å². The summed E-state index contributed by atoms with van der Waals surface area (Å²) in [6.07, 6.45) is 0. The number of hydrogen-bond acceptors (Lipinski definition) is 3. The van der Waals surface area contributed by atoms with Crippen LogP contribution in [0.5, 0.6) is 0 Å². The molecule has 1 atom stereocenters. The molecule has 0 aromatic heterocycles. The molecule has 3 N–H and O–H groups in total.